The fourth-order valence-corrected chi connectivity index (χ4v) is 4.99. The van der Waals surface area contributed by atoms with E-state index in [-0.39, 0.29) is 0 Å². The summed E-state index contributed by atoms with van der Waals surface area (Å²) in [6, 6.07) is 12.7. The number of rotatable bonds is 9. The van der Waals surface area contributed by atoms with E-state index in [0.717, 1.165) is 11.1 Å². The van der Waals surface area contributed by atoms with Gasteiger partial charge in [-0.3, -0.25) is 0 Å². The van der Waals surface area contributed by atoms with Crippen molar-refractivity contribution in [3.05, 3.63) is 69.9 Å². The van der Waals surface area contributed by atoms with Gasteiger partial charge in [-0.05, 0) is 50.1 Å². The molecule has 1 N–H and O–H groups in total. The van der Waals surface area contributed by atoms with E-state index in [2.05, 4.69) is 10.3 Å². The van der Waals surface area contributed by atoms with Crippen molar-refractivity contribution in [1.82, 2.24) is 14.8 Å². The molecule has 0 saturated carbocycles. The third-order valence-corrected chi connectivity index (χ3v) is 6.69. The molecule has 8 nitrogen and oxygen atoms in total. The van der Waals surface area contributed by atoms with E-state index in [1.807, 2.05) is 63.2 Å². The lowest BCUT2D eigenvalue weighted by Gasteiger charge is -2.28. The highest BCUT2D eigenvalue weighted by Crippen LogP contribution is 2.40. The molecule has 2 aromatic carbocycles. The second kappa shape index (κ2) is 11.0. The SMILES string of the molecule is CCOc1ccc(C2C(C(=O)OC)=C(C)Nc3nc(SCc4ccccc4Cl)nn32)cc1OCC. The zero-order chi connectivity index (χ0) is 24.9. The fraction of sp³-hybridized carbons (Fsp3) is 0.320. The van der Waals surface area contributed by atoms with Crippen LogP contribution >= 0.6 is 23.4 Å². The molecule has 1 unspecified atom stereocenters. The number of fused-ring (bicyclic) bond motifs is 1. The average Bonchev–Trinajstić information content (AvgIpc) is 3.26. The van der Waals surface area contributed by atoms with Gasteiger partial charge in [-0.25, -0.2) is 9.48 Å². The maximum atomic E-state index is 12.8. The summed E-state index contributed by atoms with van der Waals surface area (Å²) in [5, 5.41) is 9.20. The third kappa shape index (κ3) is 5.26. The molecule has 0 radical (unpaired) electrons. The number of aromatic nitrogens is 3. The van der Waals surface area contributed by atoms with Gasteiger partial charge >= 0.3 is 5.97 Å². The van der Waals surface area contributed by atoms with E-state index >= 15 is 0 Å². The number of nitrogens with zero attached hydrogens (tertiary/aromatic N) is 3. The highest BCUT2D eigenvalue weighted by molar-refractivity contribution is 7.98. The number of methoxy groups -OCH3 is 1. The van der Waals surface area contributed by atoms with Gasteiger partial charge in [-0.15, -0.1) is 5.10 Å². The number of anilines is 1. The van der Waals surface area contributed by atoms with E-state index < -0.39 is 12.0 Å². The minimum atomic E-state index is -0.559. The van der Waals surface area contributed by atoms with Crippen LogP contribution in [0.3, 0.4) is 0 Å². The van der Waals surface area contributed by atoms with E-state index in [4.69, 9.17) is 30.9 Å². The normalized spacial score (nSPS) is 14.8. The molecule has 0 amide bonds. The Hall–Kier alpha value is -3.17. The largest absolute Gasteiger partial charge is 0.490 e. The third-order valence-electron chi connectivity index (χ3n) is 5.44. The molecule has 0 fully saturated rings. The second-order valence-corrected chi connectivity index (χ2v) is 9.02. The number of carbonyl (C=O) groups is 1. The van der Waals surface area contributed by atoms with Crippen LogP contribution in [0.25, 0.3) is 0 Å². The van der Waals surface area contributed by atoms with Crippen molar-refractivity contribution in [1.29, 1.82) is 0 Å². The summed E-state index contributed by atoms with van der Waals surface area (Å²) in [6.07, 6.45) is 0. The number of hydrogen-bond donors (Lipinski definition) is 1. The maximum Gasteiger partial charge on any atom is 0.338 e. The molecule has 1 aliphatic heterocycles. The van der Waals surface area contributed by atoms with Gasteiger partial charge in [0, 0.05) is 16.5 Å². The van der Waals surface area contributed by atoms with Gasteiger partial charge in [0.25, 0.3) is 0 Å². The van der Waals surface area contributed by atoms with Gasteiger partial charge < -0.3 is 19.5 Å². The standard InChI is InChI=1S/C25H27ClN4O4S/c1-5-33-19-12-11-16(13-20(19)34-6-2)22-21(23(31)32-4)15(3)27-24-28-25(29-30(22)24)35-14-17-9-7-8-10-18(17)26/h7-13,22H,5-6,14H2,1-4H3,(H,27,28,29). The van der Waals surface area contributed by atoms with E-state index in [1.54, 1.807) is 4.68 Å². The average molecular weight is 515 g/mol. The van der Waals surface area contributed by atoms with Crippen LogP contribution in [0.15, 0.2) is 58.9 Å². The molecule has 184 valence electrons. The summed E-state index contributed by atoms with van der Waals surface area (Å²) in [5.41, 5.74) is 2.89. The van der Waals surface area contributed by atoms with Crippen molar-refractivity contribution in [3.63, 3.8) is 0 Å². The molecule has 2 heterocycles. The first-order valence-corrected chi connectivity index (χ1v) is 12.6. The summed E-state index contributed by atoms with van der Waals surface area (Å²) in [5.74, 6) is 1.94. The van der Waals surface area contributed by atoms with Crippen LogP contribution in [0.4, 0.5) is 5.95 Å². The highest BCUT2D eigenvalue weighted by Gasteiger charge is 2.35. The number of benzene rings is 2. The number of ether oxygens (including phenoxy) is 3. The molecule has 35 heavy (non-hydrogen) atoms. The van der Waals surface area contributed by atoms with Gasteiger partial charge in [0.15, 0.2) is 11.5 Å². The predicted molar refractivity (Wildman–Crippen MR) is 136 cm³/mol. The Morgan fingerprint density at radius 2 is 1.89 bits per heavy atom. The molecule has 1 aromatic heterocycles. The summed E-state index contributed by atoms with van der Waals surface area (Å²) in [6.45, 7) is 6.65. The van der Waals surface area contributed by atoms with Crippen LogP contribution in [0, 0.1) is 0 Å². The summed E-state index contributed by atoms with van der Waals surface area (Å²) < 4.78 is 18.4. The predicted octanol–water partition coefficient (Wildman–Crippen LogP) is 5.48. The number of hydrogen-bond acceptors (Lipinski definition) is 8. The number of nitrogens with one attached hydrogen (secondary N) is 1. The zero-order valence-corrected chi connectivity index (χ0v) is 21.6. The first kappa shape index (κ1) is 24.9. The Bertz CT molecular complexity index is 1260. The number of allylic oxidation sites excluding steroid dienone is 1. The van der Waals surface area contributed by atoms with Crippen LogP contribution in [-0.4, -0.2) is 41.1 Å². The molecule has 10 heteroatoms. The number of halogens is 1. The van der Waals surface area contributed by atoms with Crippen molar-refractivity contribution in [2.24, 2.45) is 0 Å². The molecular weight excluding hydrogens is 488 g/mol. The fourth-order valence-electron chi connectivity index (χ4n) is 3.87. The molecule has 4 rings (SSSR count). The second-order valence-electron chi connectivity index (χ2n) is 7.67. The van der Waals surface area contributed by atoms with Gasteiger partial charge in [0.05, 0.1) is 25.9 Å². The molecule has 0 aliphatic carbocycles. The lowest BCUT2D eigenvalue weighted by atomic mass is 9.95. The smallest absolute Gasteiger partial charge is 0.338 e. The van der Waals surface area contributed by atoms with E-state index in [1.165, 1.54) is 18.9 Å². The molecule has 0 bridgehead atoms. The van der Waals surface area contributed by atoms with Crippen LogP contribution < -0.4 is 14.8 Å². The summed E-state index contributed by atoms with van der Waals surface area (Å²) in [4.78, 5) is 17.5. The Morgan fingerprint density at radius 1 is 1.14 bits per heavy atom. The maximum absolute atomic E-state index is 12.8. The van der Waals surface area contributed by atoms with Crippen molar-refractivity contribution in [3.8, 4) is 11.5 Å². The van der Waals surface area contributed by atoms with E-state index in [9.17, 15) is 4.79 Å². The Labute approximate surface area is 213 Å². The van der Waals surface area contributed by atoms with Gasteiger partial charge in [-0.1, -0.05) is 47.6 Å². The highest BCUT2D eigenvalue weighted by atomic mass is 35.5. The first-order chi connectivity index (χ1) is 17.0. The van der Waals surface area contributed by atoms with Crippen LogP contribution in [0.2, 0.25) is 5.02 Å². The molecule has 1 aliphatic rings. The van der Waals surface area contributed by atoms with Crippen LogP contribution in [0.1, 0.15) is 37.9 Å². The van der Waals surface area contributed by atoms with Gasteiger partial charge in [-0.2, -0.15) is 4.98 Å². The minimum absolute atomic E-state index is 0.444. The number of esters is 1. The summed E-state index contributed by atoms with van der Waals surface area (Å²) in [7, 11) is 1.37. The van der Waals surface area contributed by atoms with Crippen molar-refractivity contribution < 1.29 is 19.0 Å². The van der Waals surface area contributed by atoms with Crippen molar-refractivity contribution in [2.45, 2.75) is 37.7 Å². The quantitative estimate of drug-likeness (QED) is 0.296. The Kier molecular flexibility index (Phi) is 7.87. The lowest BCUT2D eigenvalue weighted by Crippen LogP contribution is -2.29. The summed E-state index contributed by atoms with van der Waals surface area (Å²) >= 11 is 7.78. The lowest BCUT2D eigenvalue weighted by molar-refractivity contribution is -0.136. The number of carbonyl (C=O) groups excluding carboxylic acids is 1. The Balaban J connectivity index is 1.74. The molecule has 3 aromatic rings. The topological polar surface area (TPSA) is 87.5 Å². The van der Waals surface area contributed by atoms with Crippen LogP contribution in [-0.2, 0) is 15.3 Å². The molecule has 0 spiro atoms. The first-order valence-electron chi connectivity index (χ1n) is 11.2. The van der Waals surface area contributed by atoms with Crippen molar-refractivity contribution >= 4 is 35.3 Å². The molecule has 0 saturated heterocycles. The molecular formula is C25H27ClN4O4S. The van der Waals surface area contributed by atoms with Gasteiger partial charge in [0.2, 0.25) is 11.1 Å². The minimum Gasteiger partial charge on any atom is -0.490 e. The van der Waals surface area contributed by atoms with Gasteiger partial charge in [0.1, 0.15) is 6.04 Å². The molecule has 1 atom stereocenters. The number of thioether (sulfide) groups is 1. The Morgan fingerprint density at radius 3 is 2.60 bits per heavy atom. The van der Waals surface area contributed by atoms with Crippen molar-refractivity contribution in [2.75, 3.05) is 25.6 Å². The van der Waals surface area contributed by atoms with Crippen LogP contribution in [0.5, 0.6) is 11.5 Å². The zero-order valence-electron chi connectivity index (χ0n) is 20.0. The van der Waals surface area contributed by atoms with E-state index in [0.29, 0.717) is 57.9 Å². The monoisotopic (exact) mass is 514 g/mol.